The molecule has 3 nitrogen and oxygen atoms in total. The largest absolute Gasteiger partial charge is 0.399 e. The van der Waals surface area contributed by atoms with Crippen LogP contribution in [-0.4, -0.2) is 9.55 Å². The molecule has 0 saturated heterocycles. The number of hydrogen-bond acceptors (Lipinski definition) is 2. The smallest absolute Gasteiger partial charge is 0.145 e. The number of imidazole rings is 1. The minimum atomic E-state index is 0.806. The van der Waals surface area contributed by atoms with Gasteiger partial charge in [-0.1, -0.05) is 97.1 Å². The predicted octanol–water partition coefficient (Wildman–Crippen LogP) is 9.40. The van der Waals surface area contributed by atoms with E-state index in [2.05, 4.69) is 120 Å². The number of nitrogens with zero attached hydrogens (tertiary/aromatic N) is 2. The Kier molecular flexibility index (Phi) is 6.25. The van der Waals surface area contributed by atoms with Crippen LogP contribution in [0.4, 0.5) is 5.69 Å². The van der Waals surface area contributed by atoms with Crippen molar-refractivity contribution < 1.29 is 0 Å². The number of para-hydroxylation sites is 2. The summed E-state index contributed by atoms with van der Waals surface area (Å²) in [5, 5.41) is 0. The first-order chi connectivity index (χ1) is 19.7. The van der Waals surface area contributed by atoms with Gasteiger partial charge in [-0.3, -0.25) is 4.57 Å². The highest BCUT2D eigenvalue weighted by atomic mass is 15.1. The highest BCUT2D eigenvalue weighted by molar-refractivity contribution is 5.86. The summed E-state index contributed by atoms with van der Waals surface area (Å²) in [6.07, 6.45) is 15.3. The van der Waals surface area contributed by atoms with Crippen LogP contribution in [0.15, 0.2) is 127 Å². The molecule has 194 valence electrons. The van der Waals surface area contributed by atoms with Gasteiger partial charge < -0.3 is 5.73 Å². The van der Waals surface area contributed by atoms with Crippen LogP contribution >= 0.6 is 0 Å². The van der Waals surface area contributed by atoms with Crippen molar-refractivity contribution in [3.63, 3.8) is 0 Å². The normalized spacial score (nSPS) is 15.1. The lowest BCUT2D eigenvalue weighted by Gasteiger charge is -2.16. The van der Waals surface area contributed by atoms with Crippen molar-refractivity contribution in [1.82, 2.24) is 9.55 Å². The summed E-state index contributed by atoms with van der Waals surface area (Å²) in [5.41, 5.74) is 19.0. The zero-order chi connectivity index (χ0) is 26.9. The molecule has 0 fully saturated rings. The van der Waals surface area contributed by atoms with Gasteiger partial charge in [0.2, 0.25) is 0 Å². The maximum absolute atomic E-state index is 5.85. The van der Waals surface area contributed by atoms with E-state index in [1.165, 1.54) is 39.1 Å². The minimum Gasteiger partial charge on any atom is -0.399 e. The number of aromatic nitrogens is 2. The van der Waals surface area contributed by atoms with Gasteiger partial charge in [-0.15, -0.1) is 0 Å². The van der Waals surface area contributed by atoms with E-state index < -0.39 is 0 Å². The molecule has 0 aliphatic heterocycles. The molecule has 0 amide bonds. The average molecular weight is 518 g/mol. The van der Waals surface area contributed by atoms with Crippen LogP contribution in [0.2, 0.25) is 0 Å². The molecular weight excluding hydrogens is 486 g/mol. The molecule has 2 aliphatic rings. The van der Waals surface area contributed by atoms with Gasteiger partial charge in [0.1, 0.15) is 5.82 Å². The highest BCUT2D eigenvalue weighted by Crippen LogP contribution is 2.34. The highest BCUT2D eigenvalue weighted by Gasteiger charge is 2.16. The second kappa shape index (κ2) is 10.3. The SMILES string of the molecule is Nc1ccc(C2=CC=C(c3ccc(-c4ccc(-c5nc6ccccc6n5C5=CC=CCC5)cc4)cc3)CC2)cc1. The summed E-state index contributed by atoms with van der Waals surface area (Å²) >= 11 is 0. The standard InChI is InChI=1S/C37H31N3/c38-33-24-22-31(23-25-33)29-16-14-27(15-17-29)26-10-12-28(13-11-26)30-18-20-32(21-19-30)37-39-35-8-4-5-9-36(35)40(37)34-6-2-1-3-7-34/h1-2,4-6,8-14,16,18-25H,3,7,15,17,38H2. The fraction of sp³-hybridized carbons (Fsp3) is 0.108. The zero-order valence-corrected chi connectivity index (χ0v) is 22.4. The van der Waals surface area contributed by atoms with Crippen molar-refractivity contribution in [2.45, 2.75) is 25.7 Å². The van der Waals surface area contributed by atoms with Gasteiger partial charge >= 0.3 is 0 Å². The molecule has 4 aromatic carbocycles. The average Bonchev–Trinajstić information content (AvgIpc) is 3.42. The Hall–Kier alpha value is -4.89. The lowest BCUT2D eigenvalue weighted by Crippen LogP contribution is -2.01. The molecule has 5 aromatic rings. The van der Waals surface area contributed by atoms with Gasteiger partial charge in [0.15, 0.2) is 0 Å². The third-order valence-corrected chi connectivity index (χ3v) is 8.00. The number of hydrogen-bond donors (Lipinski definition) is 1. The van der Waals surface area contributed by atoms with Gasteiger partial charge in [-0.2, -0.15) is 0 Å². The Bertz CT molecular complexity index is 1810. The molecule has 0 saturated carbocycles. The number of nitrogen functional groups attached to an aromatic ring is 1. The number of allylic oxidation sites excluding steroid dienone is 8. The molecule has 3 heteroatoms. The predicted molar refractivity (Wildman–Crippen MR) is 169 cm³/mol. The van der Waals surface area contributed by atoms with E-state index >= 15 is 0 Å². The van der Waals surface area contributed by atoms with Crippen molar-refractivity contribution >= 4 is 33.6 Å². The maximum atomic E-state index is 5.85. The van der Waals surface area contributed by atoms with Gasteiger partial charge in [-0.25, -0.2) is 4.98 Å². The quantitative estimate of drug-likeness (QED) is 0.236. The van der Waals surface area contributed by atoms with Crippen LogP contribution in [0, 0.1) is 0 Å². The number of benzene rings is 4. The van der Waals surface area contributed by atoms with Crippen LogP contribution < -0.4 is 5.73 Å². The first-order valence-electron chi connectivity index (χ1n) is 14.0. The Morgan fingerprint density at radius 3 is 1.75 bits per heavy atom. The molecule has 1 heterocycles. The second-order valence-electron chi connectivity index (χ2n) is 10.5. The number of anilines is 1. The van der Waals surface area contributed by atoms with Crippen LogP contribution in [0.1, 0.15) is 36.8 Å². The van der Waals surface area contributed by atoms with Crippen LogP contribution in [0.3, 0.4) is 0 Å². The first kappa shape index (κ1) is 24.2. The third-order valence-electron chi connectivity index (χ3n) is 8.00. The molecule has 0 radical (unpaired) electrons. The molecule has 0 spiro atoms. The fourth-order valence-electron chi connectivity index (χ4n) is 5.79. The summed E-state index contributed by atoms with van der Waals surface area (Å²) in [7, 11) is 0. The van der Waals surface area contributed by atoms with E-state index in [1.807, 2.05) is 12.1 Å². The Labute approximate surface area is 235 Å². The number of fused-ring (bicyclic) bond motifs is 1. The molecule has 1 aromatic heterocycles. The number of nitrogens with two attached hydrogens (primary N) is 1. The Morgan fingerprint density at radius 2 is 1.15 bits per heavy atom. The van der Waals surface area contributed by atoms with Crippen molar-refractivity contribution in [1.29, 1.82) is 0 Å². The summed E-state index contributed by atoms with van der Waals surface area (Å²) in [4.78, 5) is 5.03. The number of rotatable bonds is 5. The zero-order valence-electron chi connectivity index (χ0n) is 22.4. The fourth-order valence-corrected chi connectivity index (χ4v) is 5.79. The summed E-state index contributed by atoms with van der Waals surface area (Å²) in [6, 6.07) is 34.4. The van der Waals surface area contributed by atoms with Crippen molar-refractivity contribution in [3.8, 4) is 22.5 Å². The first-order valence-corrected chi connectivity index (χ1v) is 14.0. The van der Waals surface area contributed by atoms with Crippen molar-refractivity contribution in [2.24, 2.45) is 0 Å². The molecule has 2 N–H and O–H groups in total. The van der Waals surface area contributed by atoms with E-state index in [-0.39, 0.29) is 0 Å². The summed E-state index contributed by atoms with van der Waals surface area (Å²) < 4.78 is 2.33. The lowest BCUT2D eigenvalue weighted by atomic mass is 9.89. The van der Waals surface area contributed by atoms with E-state index in [4.69, 9.17) is 10.7 Å². The topological polar surface area (TPSA) is 43.8 Å². The Morgan fingerprint density at radius 1 is 0.575 bits per heavy atom. The van der Waals surface area contributed by atoms with E-state index in [0.717, 1.165) is 53.8 Å². The molecule has 0 bridgehead atoms. The van der Waals surface area contributed by atoms with E-state index in [9.17, 15) is 0 Å². The molecule has 2 aliphatic carbocycles. The van der Waals surface area contributed by atoms with Crippen molar-refractivity contribution in [3.05, 3.63) is 139 Å². The third kappa shape index (κ3) is 4.60. The minimum absolute atomic E-state index is 0.806. The van der Waals surface area contributed by atoms with Gasteiger partial charge in [0.05, 0.1) is 11.0 Å². The van der Waals surface area contributed by atoms with Crippen molar-refractivity contribution in [2.75, 3.05) is 5.73 Å². The van der Waals surface area contributed by atoms with Crippen LogP contribution in [0.5, 0.6) is 0 Å². The lowest BCUT2D eigenvalue weighted by molar-refractivity contribution is 0.960. The molecular formula is C37H31N3. The monoisotopic (exact) mass is 517 g/mol. The summed E-state index contributed by atoms with van der Waals surface area (Å²) in [5.74, 6) is 1.00. The molecule has 0 atom stereocenters. The summed E-state index contributed by atoms with van der Waals surface area (Å²) in [6.45, 7) is 0. The van der Waals surface area contributed by atoms with Crippen LogP contribution in [-0.2, 0) is 0 Å². The van der Waals surface area contributed by atoms with Gasteiger partial charge in [0, 0.05) is 16.9 Å². The van der Waals surface area contributed by atoms with Gasteiger partial charge in [0.25, 0.3) is 0 Å². The van der Waals surface area contributed by atoms with E-state index in [1.54, 1.807) is 0 Å². The second-order valence-corrected chi connectivity index (χ2v) is 10.5. The molecule has 7 rings (SSSR count). The van der Waals surface area contributed by atoms with Crippen LogP contribution in [0.25, 0.3) is 50.4 Å². The molecule has 0 unspecified atom stereocenters. The maximum Gasteiger partial charge on any atom is 0.145 e. The van der Waals surface area contributed by atoms with E-state index in [0.29, 0.717) is 0 Å². The molecule has 40 heavy (non-hydrogen) atoms. The Balaban J connectivity index is 1.14. The van der Waals surface area contributed by atoms with Gasteiger partial charge in [-0.05, 0) is 89.4 Å².